The van der Waals surface area contributed by atoms with Crippen molar-refractivity contribution in [2.24, 2.45) is 0 Å². The Morgan fingerprint density at radius 2 is 1.77 bits per heavy atom. The molecule has 0 amide bonds. The number of nitrogens with zero attached hydrogens (tertiary/aromatic N) is 2. The van der Waals surface area contributed by atoms with Crippen LogP contribution < -0.4 is 15.4 Å². The van der Waals surface area contributed by atoms with Crippen molar-refractivity contribution in [1.82, 2.24) is 9.97 Å². The van der Waals surface area contributed by atoms with Crippen LogP contribution in [0.5, 0.6) is 5.75 Å². The molecule has 2 aromatic carbocycles. The number of aromatic nitrogens is 2. The second-order valence-electron chi connectivity index (χ2n) is 6.06. The molecule has 5 heteroatoms. The van der Waals surface area contributed by atoms with Crippen LogP contribution in [0, 0.1) is 6.92 Å². The molecule has 0 spiro atoms. The fraction of sp³-hybridized carbons (Fsp3) is 0.238. The van der Waals surface area contributed by atoms with Gasteiger partial charge in [-0.3, -0.25) is 0 Å². The third-order valence-corrected chi connectivity index (χ3v) is 4.12. The number of methoxy groups -OCH3 is 1. The van der Waals surface area contributed by atoms with Gasteiger partial charge in [0.05, 0.1) is 7.11 Å². The number of anilines is 3. The summed E-state index contributed by atoms with van der Waals surface area (Å²) in [4.78, 5) is 9.07. The van der Waals surface area contributed by atoms with Gasteiger partial charge in [0.25, 0.3) is 0 Å². The number of hydrogen-bond acceptors (Lipinski definition) is 5. The third-order valence-electron chi connectivity index (χ3n) is 4.12. The van der Waals surface area contributed by atoms with Crippen LogP contribution in [0.2, 0.25) is 0 Å². The first-order valence-corrected chi connectivity index (χ1v) is 8.75. The Bertz CT molecular complexity index is 862. The SMILES string of the molecule is CCc1ccccc1Nc1cc(C)nc(NCc2ccc(OC)cc2)n1. The maximum absolute atomic E-state index is 5.19. The van der Waals surface area contributed by atoms with E-state index in [0.29, 0.717) is 12.5 Å². The zero-order valence-corrected chi connectivity index (χ0v) is 15.4. The van der Waals surface area contributed by atoms with Crippen LogP contribution in [-0.4, -0.2) is 17.1 Å². The van der Waals surface area contributed by atoms with Gasteiger partial charge in [-0.25, -0.2) is 4.98 Å². The lowest BCUT2D eigenvalue weighted by atomic mass is 10.1. The van der Waals surface area contributed by atoms with Crippen molar-refractivity contribution in [2.45, 2.75) is 26.8 Å². The molecule has 0 aliphatic heterocycles. The monoisotopic (exact) mass is 348 g/mol. The van der Waals surface area contributed by atoms with Crippen LogP contribution in [0.4, 0.5) is 17.5 Å². The highest BCUT2D eigenvalue weighted by atomic mass is 16.5. The molecule has 134 valence electrons. The lowest BCUT2D eigenvalue weighted by Crippen LogP contribution is -2.06. The van der Waals surface area contributed by atoms with Gasteiger partial charge in [0.2, 0.25) is 5.95 Å². The summed E-state index contributed by atoms with van der Waals surface area (Å²) in [6, 6.07) is 18.2. The minimum atomic E-state index is 0.609. The molecule has 1 aromatic heterocycles. The summed E-state index contributed by atoms with van der Waals surface area (Å²) in [5.74, 6) is 2.24. The van der Waals surface area contributed by atoms with Gasteiger partial charge in [-0.1, -0.05) is 37.3 Å². The molecular weight excluding hydrogens is 324 g/mol. The first-order valence-electron chi connectivity index (χ1n) is 8.75. The Morgan fingerprint density at radius 3 is 2.50 bits per heavy atom. The van der Waals surface area contributed by atoms with E-state index in [4.69, 9.17) is 4.74 Å². The van der Waals surface area contributed by atoms with Crippen molar-refractivity contribution in [3.05, 3.63) is 71.4 Å². The standard InChI is InChI=1S/C21H24N4O/c1-4-17-7-5-6-8-19(17)24-20-13-15(2)23-21(25-20)22-14-16-9-11-18(26-3)12-10-16/h5-13H,4,14H2,1-3H3,(H2,22,23,24,25). The molecule has 0 bridgehead atoms. The molecule has 26 heavy (non-hydrogen) atoms. The molecule has 3 aromatic rings. The molecular formula is C21H24N4O. The van der Waals surface area contributed by atoms with Gasteiger partial charge in [0.15, 0.2) is 0 Å². The molecule has 0 radical (unpaired) electrons. The molecule has 0 aliphatic rings. The molecule has 2 N–H and O–H groups in total. The van der Waals surface area contributed by atoms with E-state index >= 15 is 0 Å². The fourth-order valence-electron chi connectivity index (χ4n) is 2.72. The normalized spacial score (nSPS) is 10.4. The summed E-state index contributed by atoms with van der Waals surface area (Å²) in [6.45, 7) is 4.77. The van der Waals surface area contributed by atoms with Gasteiger partial charge in [-0.2, -0.15) is 4.98 Å². The van der Waals surface area contributed by atoms with Gasteiger partial charge in [0.1, 0.15) is 11.6 Å². The quantitative estimate of drug-likeness (QED) is 0.647. The first kappa shape index (κ1) is 17.7. The predicted molar refractivity (Wildman–Crippen MR) is 106 cm³/mol. The number of hydrogen-bond donors (Lipinski definition) is 2. The molecule has 0 aliphatic carbocycles. The number of benzene rings is 2. The highest BCUT2D eigenvalue weighted by molar-refractivity contribution is 5.61. The Hall–Kier alpha value is -3.08. The Balaban J connectivity index is 1.72. The Labute approximate surface area is 154 Å². The maximum Gasteiger partial charge on any atom is 0.225 e. The van der Waals surface area contributed by atoms with Crippen LogP contribution in [0.3, 0.4) is 0 Å². The Morgan fingerprint density at radius 1 is 1.00 bits per heavy atom. The third kappa shape index (κ3) is 4.51. The molecule has 0 saturated heterocycles. The number of ether oxygens (including phenoxy) is 1. The van der Waals surface area contributed by atoms with Gasteiger partial charge in [-0.15, -0.1) is 0 Å². The summed E-state index contributed by atoms with van der Waals surface area (Å²) < 4.78 is 5.19. The van der Waals surface area contributed by atoms with Crippen LogP contribution in [0.1, 0.15) is 23.7 Å². The summed E-state index contributed by atoms with van der Waals surface area (Å²) in [5, 5.41) is 6.70. The van der Waals surface area contributed by atoms with E-state index in [0.717, 1.165) is 34.9 Å². The molecule has 0 fully saturated rings. The summed E-state index contributed by atoms with van der Waals surface area (Å²) in [5.41, 5.74) is 4.39. The Kier molecular flexibility index (Phi) is 5.69. The average molecular weight is 348 g/mol. The predicted octanol–water partition coefficient (Wildman–Crippen LogP) is 4.71. The highest BCUT2D eigenvalue weighted by Crippen LogP contribution is 2.21. The lowest BCUT2D eigenvalue weighted by molar-refractivity contribution is 0.414. The highest BCUT2D eigenvalue weighted by Gasteiger charge is 2.05. The summed E-state index contributed by atoms with van der Waals surface area (Å²) >= 11 is 0. The summed E-state index contributed by atoms with van der Waals surface area (Å²) in [7, 11) is 1.67. The zero-order valence-electron chi connectivity index (χ0n) is 15.4. The van der Waals surface area contributed by atoms with Crippen molar-refractivity contribution in [3.63, 3.8) is 0 Å². The van der Waals surface area contributed by atoms with Crippen LogP contribution >= 0.6 is 0 Å². The fourth-order valence-corrected chi connectivity index (χ4v) is 2.72. The van der Waals surface area contributed by atoms with Crippen molar-refractivity contribution in [3.8, 4) is 5.75 Å². The zero-order chi connectivity index (χ0) is 18.4. The van der Waals surface area contributed by atoms with Gasteiger partial charge < -0.3 is 15.4 Å². The van der Waals surface area contributed by atoms with E-state index in [9.17, 15) is 0 Å². The van der Waals surface area contributed by atoms with Crippen molar-refractivity contribution in [2.75, 3.05) is 17.7 Å². The van der Waals surface area contributed by atoms with E-state index < -0.39 is 0 Å². The van der Waals surface area contributed by atoms with Gasteiger partial charge in [-0.05, 0) is 42.7 Å². The van der Waals surface area contributed by atoms with Crippen molar-refractivity contribution >= 4 is 17.5 Å². The minimum Gasteiger partial charge on any atom is -0.497 e. The van der Waals surface area contributed by atoms with E-state index in [-0.39, 0.29) is 0 Å². The number of aryl methyl sites for hydroxylation is 2. The summed E-state index contributed by atoms with van der Waals surface area (Å²) in [6.07, 6.45) is 0.968. The van der Waals surface area contributed by atoms with E-state index in [1.165, 1.54) is 5.56 Å². The van der Waals surface area contributed by atoms with Gasteiger partial charge in [0, 0.05) is 24.0 Å². The second kappa shape index (κ2) is 8.34. The average Bonchev–Trinajstić information content (AvgIpc) is 2.67. The second-order valence-corrected chi connectivity index (χ2v) is 6.06. The number of rotatable bonds is 7. The van der Waals surface area contributed by atoms with Crippen LogP contribution in [0.15, 0.2) is 54.6 Å². The topological polar surface area (TPSA) is 59.1 Å². The first-order chi connectivity index (χ1) is 12.7. The molecule has 5 nitrogen and oxygen atoms in total. The molecule has 1 heterocycles. The molecule has 0 unspecified atom stereocenters. The number of para-hydroxylation sites is 1. The van der Waals surface area contributed by atoms with E-state index in [2.05, 4.69) is 45.7 Å². The largest absolute Gasteiger partial charge is 0.497 e. The smallest absolute Gasteiger partial charge is 0.225 e. The molecule has 3 rings (SSSR count). The van der Waals surface area contributed by atoms with E-state index in [1.54, 1.807) is 7.11 Å². The maximum atomic E-state index is 5.19. The minimum absolute atomic E-state index is 0.609. The van der Waals surface area contributed by atoms with Crippen molar-refractivity contribution < 1.29 is 4.74 Å². The van der Waals surface area contributed by atoms with E-state index in [1.807, 2.05) is 43.3 Å². The molecule has 0 saturated carbocycles. The van der Waals surface area contributed by atoms with Crippen molar-refractivity contribution in [1.29, 1.82) is 0 Å². The molecule has 0 atom stereocenters. The van der Waals surface area contributed by atoms with Crippen LogP contribution in [0.25, 0.3) is 0 Å². The number of nitrogens with one attached hydrogen (secondary N) is 2. The van der Waals surface area contributed by atoms with Gasteiger partial charge >= 0.3 is 0 Å². The van der Waals surface area contributed by atoms with Crippen LogP contribution in [-0.2, 0) is 13.0 Å². The lowest BCUT2D eigenvalue weighted by Gasteiger charge is -2.12.